The zero-order valence-electron chi connectivity index (χ0n) is 43.7. The molecule has 0 fully saturated rings. The zero-order chi connectivity index (χ0) is 54.3. The summed E-state index contributed by atoms with van der Waals surface area (Å²) in [5.74, 6) is -9.10. The van der Waals surface area contributed by atoms with E-state index in [1.165, 1.54) is 56.1 Å². The lowest BCUT2D eigenvalue weighted by Gasteiger charge is -2.56. The predicted molar refractivity (Wildman–Crippen MR) is 259 cm³/mol. The largest absolute Gasteiger partial charge is 0.495 e. The fourth-order valence-electron chi connectivity index (χ4n) is 10.4. The number of hydrogen-bond donors (Lipinski definition) is 4. The van der Waals surface area contributed by atoms with Gasteiger partial charge in [-0.3, -0.25) is 4.79 Å². The average molecular weight is 997 g/mol. The minimum atomic E-state index is -2.72. The Kier molecular flexibility index (Phi) is 13.9. The number of methoxy groups -OCH3 is 4. The van der Waals surface area contributed by atoms with Gasteiger partial charge in [-0.2, -0.15) is 0 Å². The summed E-state index contributed by atoms with van der Waals surface area (Å²) in [5, 5.41) is 44.9. The van der Waals surface area contributed by atoms with Crippen LogP contribution in [0, 0.1) is 81.6 Å². The molecule has 72 heavy (non-hydrogen) atoms. The van der Waals surface area contributed by atoms with Gasteiger partial charge in [-0.05, 0) is 153 Å². The highest BCUT2D eigenvalue weighted by Crippen LogP contribution is 2.58. The van der Waals surface area contributed by atoms with Crippen molar-refractivity contribution in [1.82, 2.24) is 0 Å². The number of ether oxygens (including phenoxy) is 8. The number of benzene rings is 4. The SMILES string of the molecule is COc1c(C)c(OC(=O)c2c(C)c(C)c(OC(=O)C3=C(C)[C@@](C)(O)[C@@]4(O)Oc5c(C)c(OC)c(C(=O)Oc6c(C)c(C)c(C(=O)O)c(OC)c6C)c(C)c5C[C@]4(C)C3=O)c(C)c2OC)c(C)c(C)c1C(=O)O. The first-order valence-electron chi connectivity index (χ1n) is 22.7. The average Bonchev–Trinajstić information content (AvgIpc) is 3.31. The Labute approximate surface area is 416 Å². The van der Waals surface area contributed by atoms with E-state index >= 15 is 4.79 Å². The summed E-state index contributed by atoms with van der Waals surface area (Å²) in [7, 11) is 5.22. The van der Waals surface area contributed by atoms with Crippen LogP contribution in [0.2, 0.25) is 0 Å². The molecule has 18 heteroatoms. The van der Waals surface area contributed by atoms with Gasteiger partial charge in [0.15, 0.2) is 5.78 Å². The van der Waals surface area contributed by atoms with Gasteiger partial charge in [-0.1, -0.05) is 0 Å². The van der Waals surface area contributed by atoms with E-state index in [0.717, 1.165) is 0 Å². The number of carboxylic acid groups (broad SMARTS) is 2. The van der Waals surface area contributed by atoms with E-state index in [9.17, 15) is 44.4 Å². The lowest BCUT2D eigenvalue weighted by atomic mass is 9.57. The fourth-order valence-corrected chi connectivity index (χ4v) is 10.4. The summed E-state index contributed by atoms with van der Waals surface area (Å²) >= 11 is 0. The van der Waals surface area contributed by atoms with Crippen LogP contribution in [0.5, 0.6) is 46.0 Å². The topological polar surface area (TPSA) is 257 Å². The third-order valence-corrected chi connectivity index (χ3v) is 15.0. The van der Waals surface area contributed by atoms with E-state index in [0.29, 0.717) is 22.3 Å². The number of aliphatic hydroxyl groups is 2. The van der Waals surface area contributed by atoms with E-state index in [2.05, 4.69) is 0 Å². The number of esters is 3. The van der Waals surface area contributed by atoms with Crippen molar-refractivity contribution in [3.63, 3.8) is 0 Å². The molecular formula is C54H60O18. The Morgan fingerprint density at radius 1 is 0.458 bits per heavy atom. The van der Waals surface area contributed by atoms with E-state index in [4.69, 9.17) is 37.9 Å². The van der Waals surface area contributed by atoms with Crippen molar-refractivity contribution in [2.75, 3.05) is 28.4 Å². The van der Waals surface area contributed by atoms with Gasteiger partial charge < -0.3 is 58.3 Å². The molecule has 0 bridgehead atoms. The molecule has 0 saturated heterocycles. The Bertz CT molecular complexity index is 3150. The zero-order valence-corrected chi connectivity index (χ0v) is 43.7. The Balaban J connectivity index is 1.41. The molecule has 1 aliphatic carbocycles. The highest BCUT2D eigenvalue weighted by molar-refractivity contribution is 6.22. The fraction of sp³-hybridized carbons (Fsp3) is 0.407. The van der Waals surface area contributed by atoms with Crippen LogP contribution < -0.4 is 37.9 Å². The van der Waals surface area contributed by atoms with Crippen LogP contribution in [0.1, 0.15) is 129 Å². The van der Waals surface area contributed by atoms with Crippen molar-refractivity contribution < 1.29 is 87.1 Å². The molecule has 1 aliphatic heterocycles. The van der Waals surface area contributed by atoms with Gasteiger partial charge in [-0.15, -0.1) is 0 Å². The number of carbonyl (C=O) groups excluding carboxylic acids is 4. The molecule has 0 spiro atoms. The van der Waals surface area contributed by atoms with Crippen LogP contribution in [0.25, 0.3) is 0 Å². The summed E-state index contributed by atoms with van der Waals surface area (Å²) in [6, 6.07) is 0. The van der Waals surface area contributed by atoms with E-state index in [1.807, 2.05) is 0 Å². The molecule has 0 aromatic heterocycles. The molecule has 1 heterocycles. The molecule has 4 aromatic rings. The maximum absolute atomic E-state index is 15.1. The third-order valence-electron chi connectivity index (χ3n) is 15.0. The summed E-state index contributed by atoms with van der Waals surface area (Å²) in [4.78, 5) is 82.6. The molecule has 0 radical (unpaired) electrons. The Morgan fingerprint density at radius 2 is 0.792 bits per heavy atom. The van der Waals surface area contributed by atoms with Crippen LogP contribution in [0.3, 0.4) is 0 Å². The van der Waals surface area contributed by atoms with Gasteiger partial charge in [-0.25, -0.2) is 24.0 Å². The highest BCUT2D eigenvalue weighted by Gasteiger charge is 2.71. The van der Waals surface area contributed by atoms with Crippen LogP contribution in [-0.2, 0) is 16.0 Å². The lowest BCUT2D eigenvalue weighted by molar-refractivity contribution is -0.297. The van der Waals surface area contributed by atoms with Crippen molar-refractivity contribution in [2.45, 2.75) is 115 Å². The molecule has 6 rings (SSSR count). The molecule has 18 nitrogen and oxygen atoms in total. The van der Waals surface area contributed by atoms with Crippen molar-refractivity contribution in [3.8, 4) is 46.0 Å². The quantitative estimate of drug-likeness (QED) is 0.0599. The first kappa shape index (κ1) is 53.9. The first-order valence-corrected chi connectivity index (χ1v) is 22.7. The lowest BCUT2D eigenvalue weighted by Crippen LogP contribution is -2.73. The van der Waals surface area contributed by atoms with E-state index in [1.54, 1.807) is 69.2 Å². The van der Waals surface area contributed by atoms with Gasteiger partial charge in [0, 0.05) is 22.3 Å². The number of ketones is 1. The summed E-state index contributed by atoms with van der Waals surface area (Å²) < 4.78 is 46.7. The standard InChI is InChI=1S/C54H60O18/c1-20-23(4)38(27(8)42(65-15)33(20)47(56)57)69-49(60)35-22(3)25(6)40(29(10)44(35)67-17)71-51(62)37-31(12)53(14,63)54(64)52(13,46(37)55)19-32-26(7)36(45(68-18)30(11)41(32)72-54)50(61)70-39-24(5)21(2)34(48(58)59)43(66-16)28(39)9/h63-64H,19H2,1-18H3,(H,56,57)(H,58,59)/t52-,53-,54+/m1/s1. The third kappa shape index (κ3) is 7.61. The van der Waals surface area contributed by atoms with E-state index < -0.39 is 64.4 Å². The Morgan fingerprint density at radius 3 is 1.17 bits per heavy atom. The second-order valence-corrected chi connectivity index (χ2v) is 18.7. The number of aromatic carboxylic acids is 2. The summed E-state index contributed by atoms with van der Waals surface area (Å²) in [5.41, 5.74) is -2.48. The number of fused-ring (bicyclic) bond motifs is 2. The number of hydrogen-bond acceptors (Lipinski definition) is 16. The molecule has 4 aromatic carbocycles. The van der Waals surface area contributed by atoms with Crippen molar-refractivity contribution in [3.05, 3.63) is 100 Å². The minimum Gasteiger partial charge on any atom is -0.495 e. The van der Waals surface area contributed by atoms with Gasteiger partial charge in [0.05, 0.1) is 28.4 Å². The maximum Gasteiger partial charge on any atom is 0.347 e. The molecule has 0 unspecified atom stereocenters. The van der Waals surface area contributed by atoms with E-state index in [-0.39, 0.29) is 118 Å². The first-order chi connectivity index (χ1) is 33.4. The molecule has 3 atom stereocenters. The summed E-state index contributed by atoms with van der Waals surface area (Å²) in [6.45, 7) is 21.1. The minimum absolute atomic E-state index is 0.00189. The molecule has 4 N–H and O–H groups in total. The molecule has 0 amide bonds. The van der Waals surface area contributed by atoms with Crippen molar-refractivity contribution in [1.29, 1.82) is 0 Å². The van der Waals surface area contributed by atoms with Crippen LogP contribution in [0.15, 0.2) is 11.1 Å². The van der Waals surface area contributed by atoms with Gasteiger partial charge >= 0.3 is 29.8 Å². The predicted octanol–water partition coefficient (Wildman–Crippen LogP) is 7.83. The second kappa shape index (κ2) is 18.6. The number of rotatable bonds is 12. The molecule has 0 saturated carbocycles. The molecular weight excluding hydrogens is 937 g/mol. The molecule has 384 valence electrons. The monoisotopic (exact) mass is 996 g/mol. The number of carbonyl (C=O) groups is 6. The number of Topliss-reactive ketones (excluding diaryl/α,β-unsaturated/α-hetero) is 1. The smallest absolute Gasteiger partial charge is 0.347 e. The summed E-state index contributed by atoms with van der Waals surface area (Å²) in [6.07, 6.45) is -0.391. The van der Waals surface area contributed by atoms with Crippen molar-refractivity contribution in [2.24, 2.45) is 5.41 Å². The second-order valence-electron chi connectivity index (χ2n) is 18.7. The van der Waals surface area contributed by atoms with Gasteiger partial charge in [0.2, 0.25) is 0 Å². The number of carboxylic acids is 2. The Hall–Kier alpha value is -7.44. The van der Waals surface area contributed by atoms with Gasteiger partial charge in [0.1, 0.15) is 84.8 Å². The van der Waals surface area contributed by atoms with Gasteiger partial charge in [0.25, 0.3) is 5.79 Å². The highest BCUT2D eigenvalue weighted by atomic mass is 16.6. The molecule has 2 aliphatic rings. The van der Waals surface area contributed by atoms with Crippen LogP contribution in [-0.4, -0.2) is 95.9 Å². The van der Waals surface area contributed by atoms with Crippen molar-refractivity contribution >= 4 is 35.6 Å². The normalized spacial score (nSPS) is 19.1. The maximum atomic E-state index is 15.1. The van der Waals surface area contributed by atoms with Crippen LogP contribution in [0.4, 0.5) is 0 Å². The van der Waals surface area contributed by atoms with Crippen LogP contribution >= 0.6 is 0 Å².